The zero-order chi connectivity index (χ0) is 17.8. The Labute approximate surface area is 159 Å². The highest BCUT2D eigenvalue weighted by Gasteiger charge is 2.16. The molecule has 134 valence electrons. The van der Waals surface area contributed by atoms with Crippen molar-refractivity contribution >= 4 is 12.2 Å². The molecule has 0 unspecified atom stereocenters. The number of para-hydroxylation sites is 1. The van der Waals surface area contributed by atoms with Crippen molar-refractivity contribution in [2.75, 3.05) is 13.1 Å². The summed E-state index contributed by atoms with van der Waals surface area (Å²) in [6.45, 7) is 3.04. The second-order valence-electron chi connectivity index (χ2n) is 6.85. The molecule has 4 rings (SSSR count). The second-order valence-corrected chi connectivity index (χ2v) is 7.22. The molecule has 1 saturated heterocycles. The van der Waals surface area contributed by atoms with Crippen molar-refractivity contribution in [1.29, 1.82) is 0 Å². The Morgan fingerprint density at radius 2 is 1.50 bits per heavy atom. The fourth-order valence-electron chi connectivity index (χ4n) is 3.56. The molecule has 1 aliphatic rings. The van der Waals surface area contributed by atoms with E-state index in [0.29, 0.717) is 0 Å². The quantitative estimate of drug-likeness (QED) is 0.626. The van der Waals surface area contributed by atoms with Crippen LogP contribution in [0.5, 0.6) is 0 Å². The number of hydrogen-bond acceptors (Lipinski definition) is 3. The van der Waals surface area contributed by atoms with Gasteiger partial charge < -0.3 is 0 Å². The summed E-state index contributed by atoms with van der Waals surface area (Å²) in [4.78, 5) is 2.45. The summed E-state index contributed by atoms with van der Waals surface area (Å²) in [5.74, 6) is 0.990. The zero-order valence-corrected chi connectivity index (χ0v) is 15.7. The van der Waals surface area contributed by atoms with Crippen LogP contribution in [0.15, 0.2) is 60.7 Å². The number of hydrogen-bond donors (Lipinski definition) is 0. The minimum Gasteiger partial charge on any atom is -0.284 e. The normalized spacial score (nSPS) is 15.2. The molecule has 0 N–H and O–H groups in total. The molecule has 26 heavy (non-hydrogen) atoms. The van der Waals surface area contributed by atoms with E-state index in [-0.39, 0.29) is 0 Å². The molecule has 0 radical (unpaired) electrons. The van der Waals surface area contributed by atoms with Gasteiger partial charge in [-0.3, -0.25) is 9.47 Å². The molecule has 0 bridgehead atoms. The first kappa shape index (κ1) is 17.2. The van der Waals surface area contributed by atoms with Crippen molar-refractivity contribution in [3.63, 3.8) is 0 Å². The molecule has 5 heteroatoms. The molecule has 2 heterocycles. The number of aromatic nitrogens is 3. The number of benzene rings is 2. The molecule has 2 aromatic carbocycles. The van der Waals surface area contributed by atoms with Crippen LogP contribution in [0.4, 0.5) is 0 Å². The van der Waals surface area contributed by atoms with Gasteiger partial charge in [-0.05, 0) is 55.8 Å². The summed E-state index contributed by atoms with van der Waals surface area (Å²) in [6, 6.07) is 20.8. The van der Waals surface area contributed by atoms with E-state index in [1.165, 1.54) is 24.8 Å². The van der Waals surface area contributed by atoms with Crippen molar-refractivity contribution in [3.8, 4) is 5.69 Å². The van der Waals surface area contributed by atoms with Gasteiger partial charge >= 0.3 is 0 Å². The maximum Gasteiger partial charge on any atom is 0.203 e. The lowest BCUT2D eigenvalue weighted by Crippen LogP contribution is -2.32. The first-order valence-corrected chi connectivity index (χ1v) is 9.72. The lowest BCUT2D eigenvalue weighted by molar-refractivity contribution is 0.172. The van der Waals surface area contributed by atoms with Crippen molar-refractivity contribution in [2.24, 2.45) is 0 Å². The summed E-state index contributed by atoms with van der Waals surface area (Å²) in [7, 11) is 0. The molecule has 1 aromatic heterocycles. The number of piperidine rings is 1. The molecule has 3 aromatic rings. The van der Waals surface area contributed by atoms with E-state index < -0.39 is 0 Å². The van der Waals surface area contributed by atoms with E-state index in [0.717, 1.165) is 42.5 Å². The van der Waals surface area contributed by atoms with Crippen LogP contribution in [0.25, 0.3) is 5.69 Å². The van der Waals surface area contributed by atoms with Gasteiger partial charge in [0.05, 0.1) is 6.67 Å². The van der Waals surface area contributed by atoms with E-state index in [1.54, 1.807) is 0 Å². The summed E-state index contributed by atoms with van der Waals surface area (Å²) in [5.41, 5.74) is 2.32. The summed E-state index contributed by atoms with van der Waals surface area (Å²) < 4.78 is 4.88. The number of likely N-dealkylation sites (tertiary alicyclic amines) is 1. The molecule has 1 aliphatic heterocycles. The summed E-state index contributed by atoms with van der Waals surface area (Å²) in [5, 5.41) is 4.91. The minimum atomic E-state index is 0.770. The van der Waals surface area contributed by atoms with Gasteiger partial charge in [0.25, 0.3) is 0 Å². The van der Waals surface area contributed by atoms with Crippen molar-refractivity contribution in [2.45, 2.75) is 32.4 Å². The predicted molar refractivity (Wildman–Crippen MR) is 107 cm³/mol. The highest BCUT2D eigenvalue weighted by atomic mass is 32.1. The number of rotatable bonds is 5. The van der Waals surface area contributed by atoms with E-state index in [4.69, 9.17) is 17.3 Å². The van der Waals surface area contributed by atoms with Crippen molar-refractivity contribution in [3.05, 3.63) is 76.8 Å². The van der Waals surface area contributed by atoms with Gasteiger partial charge in [0.2, 0.25) is 4.77 Å². The Morgan fingerprint density at radius 1 is 0.846 bits per heavy atom. The van der Waals surface area contributed by atoms with Crippen molar-refractivity contribution < 1.29 is 0 Å². The maximum atomic E-state index is 5.82. The van der Waals surface area contributed by atoms with Crippen LogP contribution in [-0.4, -0.2) is 32.3 Å². The van der Waals surface area contributed by atoms with Gasteiger partial charge in [-0.2, -0.15) is 5.10 Å². The highest BCUT2D eigenvalue weighted by Crippen LogP contribution is 2.17. The van der Waals surface area contributed by atoms with Gasteiger partial charge in [-0.15, -0.1) is 0 Å². The fourth-order valence-corrected chi connectivity index (χ4v) is 3.87. The van der Waals surface area contributed by atoms with E-state index in [9.17, 15) is 0 Å². The molecular formula is C21H24N4S. The highest BCUT2D eigenvalue weighted by molar-refractivity contribution is 7.71. The lowest BCUT2D eigenvalue weighted by Gasteiger charge is -2.25. The van der Waals surface area contributed by atoms with Gasteiger partial charge in [0, 0.05) is 12.1 Å². The Kier molecular flexibility index (Phi) is 5.27. The molecule has 0 atom stereocenters. The van der Waals surface area contributed by atoms with Crippen LogP contribution in [0, 0.1) is 4.77 Å². The van der Waals surface area contributed by atoms with E-state index >= 15 is 0 Å². The Hall–Kier alpha value is -2.24. The Morgan fingerprint density at radius 3 is 2.19 bits per heavy atom. The van der Waals surface area contributed by atoms with Gasteiger partial charge in [-0.1, -0.05) is 55.0 Å². The standard InChI is InChI=1S/C21H24N4S/c26-21-24(17-23-14-8-3-9-15-23)22-20(16-18-10-4-1-5-11-18)25(21)19-12-6-2-7-13-19/h1-2,4-7,10-13H,3,8-9,14-17H2. The summed E-state index contributed by atoms with van der Waals surface area (Å²) >= 11 is 5.82. The Balaban J connectivity index is 1.71. The molecule has 0 amide bonds. The van der Waals surface area contributed by atoms with Crippen LogP contribution in [-0.2, 0) is 13.1 Å². The Bertz CT molecular complexity index is 893. The van der Waals surface area contributed by atoms with Gasteiger partial charge in [0.1, 0.15) is 5.82 Å². The van der Waals surface area contributed by atoms with Crippen molar-refractivity contribution in [1.82, 2.24) is 19.2 Å². The van der Waals surface area contributed by atoms with Gasteiger partial charge in [0.15, 0.2) is 0 Å². The van der Waals surface area contributed by atoms with Crippen LogP contribution in [0.1, 0.15) is 30.7 Å². The molecule has 1 fully saturated rings. The minimum absolute atomic E-state index is 0.770. The number of nitrogens with zero attached hydrogens (tertiary/aromatic N) is 4. The van der Waals surface area contributed by atoms with Crippen LogP contribution >= 0.6 is 12.2 Å². The molecule has 0 aliphatic carbocycles. The van der Waals surface area contributed by atoms with Crippen LogP contribution in [0.3, 0.4) is 0 Å². The topological polar surface area (TPSA) is 26.0 Å². The molecular weight excluding hydrogens is 340 g/mol. The first-order chi connectivity index (χ1) is 12.8. The maximum absolute atomic E-state index is 5.82. The van der Waals surface area contributed by atoms with E-state index in [1.807, 2.05) is 28.9 Å². The monoisotopic (exact) mass is 364 g/mol. The van der Waals surface area contributed by atoms with Crippen LogP contribution in [0.2, 0.25) is 0 Å². The third-order valence-corrected chi connectivity index (χ3v) is 5.30. The molecule has 4 nitrogen and oxygen atoms in total. The zero-order valence-electron chi connectivity index (χ0n) is 14.9. The second kappa shape index (κ2) is 7.98. The average Bonchev–Trinajstić information content (AvgIpc) is 2.99. The average molecular weight is 365 g/mol. The lowest BCUT2D eigenvalue weighted by atomic mass is 10.1. The third-order valence-electron chi connectivity index (χ3n) is 4.91. The predicted octanol–water partition coefficient (Wildman–Crippen LogP) is 4.44. The van der Waals surface area contributed by atoms with Gasteiger partial charge in [-0.25, -0.2) is 4.68 Å². The SMILES string of the molecule is S=c1n(CN2CCCCC2)nc(Cc2ccccc2)n1-c1ccccc1. The fraction of sp³-hybridized carbons (Fsp3) is 0.333. The smallest absolute Gasteiger partial charge is 0.203 e. The van der Waals surface area contributed by atoms with E-state index in [2.05, 4.69) is 45.9 Å². The third kappa shape index (κ3) is 3.79. The molecule has 0 saturated carbocycles. The largest absolute Gasteiger partial charge is 0.284 e. The first-order valence-electron chi connectivity index (χ1n) is 9.32. The summed E-state index contributed by atoms with van der Waals surface area (Å²) in [6.07, 6.45) is 4.64. The molecule has 0 spiro atoms. The van der Waals surface area contributed by atoms with Crippen LogP contribution < -0.4 is 0 Å².